The number of alkyl halides is 2. The standard InChI is InChI=1S/C26H22F2N8O/c1-16-6-5-7-22(29-3)21(16)15-35-23-12-19(13-30-24(23)17(2)32-35)26(27,28)25-31-33-34-36(25)14-18-8-10-20(37-4)11-9-18/h5-13H,14-15H2,1-2,4H3. The first kappa shape index (κ1) is 24.0. The second-order valence-electron chi connectivity index (χ2n) is 8.60. The SMILES string of the molecule is [C-]#[N+]c1cccc(C)c1Cn1nc(C)c2ncc(C(F)(F)c3nnnn3Cc3ccc(OC)cc3)cc21. The number of benzene rings is 2. The maximum absolute atomic E-state index is 15.8. The molecule has 0 aliphatic carbocycles. The average molecular weight is 501 g/mol. The Bertz CT molecular complexity index is 1630. The summed E-state index contributed by atoms with van der Waals surface area (Å²) in [6, 6.07) is 13.8. The highest BCUT2D eigenvalue weighted by molar-refractivity contribution is 5.78. The van der Waals surface area contributed by atoms with Gasteiger partial charge in [0.2, 0.25) is 5.82 Å². The largest absolute Gasteiger partial charge is 0.497 e. The highest BCUT2D eigenvalue weighted by Crippen LogP contribution is 2.36. The number of halogens is 2. The monoisotopic (exact) mass is 500 g/mol. The van der Waals surface area contributed by atoms with Gasteiger partial charge in [-0.05, 0) is 53.6 Å². The zero-order chi connectivity index (χ0) is 26.2. The number of rotatable bonds is 7. The maximum atomic E-state index is 15.8. The van der Waals surface area contributed by atoms with Crippen LogP contribution < -0.4 is 4.74 Å². The number of nitrogens with zero attached hydrogens (tertiary/aromatic N) is 8. The van der Waals surface area contributed by atoms with Crippen LogP contribution in [-0.4, -0.2) is 42.1 Å². The van der Waals surface area contributed by atoms with Crippen molar-refractivity contribution in [2.75, 3.05) is 7.11 Å². The minimum Gasteiger partial charge on any atom is -0.497 e. The Morgan fingerprint density at radius 2 is 1.84 bits per heavy atom. The molecule has 0 bridgehead atoms. The van der Waals surface area contributed by atoms with Gasteiger partial charge in [0.1, 0.15) is 11.3 Å². The second kappa shape index (κ2) is 9.39. The van der Waals surface area contributed by atoms with Crippen LogP contribution in [0.2, 0.25) is 0 Å². The van der Waals surface area contributed by atoms with Crippen molar-refractivity contribution in [3.05, 3.63) is 99.9 Å². The molecular weight excluding hydrogens is 478 g/mol. The number of methoxy groups -OCH3 is 1. The number of hydrogen-bond acceptors (Lipinski definition) is 6. The molecule has 5 aromatic rings. The Hall–Kier alpha value is -4.72. The lowest BCUT2D eigenvalue weighted by Gasteiger charge is -2.16. The van der Waals surface area contributed by atoms with Crippen LogP contribution >= 0.6 is 0 Å². The van der Waals surface area contributed by atoms with E-state index in [4.69, 9.17) is 11.3 Å². The summed E-state index contributed by atoms with van der Waals surface area (Å²) in [5.41, 5.74) is 4.12. The van der Waals surface area contributed by atoms with Crippen molar-refractivity contribution in [3.63, 3.8) is 0 Å². The summed E-state index contributed by atoms with van der Waals surface area (Å²) in [6.45, 7) is 11.5. The van der Waals surface area contributed by atoms with E-state index in [9.17, 15) is 0 Å². The molecule has 0 unspecified atom stereocenters. The molecular formula is C26H22F2N8O. The summed E-state index contributed by atoms with van der Waals surface area (Å²) < 4.78 is 39.4. The number of tetrazole rings is 1. The van der Waals surface area contributed by atoms with Crippen molar-refractivity contribution in [1.29, 1.82) is 0 Å². The first-order valence-electron chi connectivity index (χ1n) is 11.4. The number of pyridine rings is 1. The third kappa shape index (κ3) is 4.38. The Labute approximate surface area is 211 Å². The first-order chi connectivity index (χ1) is 17.8. The Morgan fingerprint density at radius 3 is 2.57 bits per heavy atom. The van der Waals surface area contributed by atoms with Crippen molar-refractivity contribution in [2.45, 2.75) is 32.9 Å². The lowest BCUT2D eigenvalue weighted by molar-refractivity contribution is 0.0278. The van der Waals surface area contributed by atoms with Crippen molar-refractivity contribution in [2.24, 2.45) is 0 Å². The van der Waals surface area contributed by atoms with Crippen LogP contribution in [0.3, 0.4) is 0 Å². The topological polar surface area (TPSA) is 87.9 Å². The zero-order valence-corrected chi connectivity index (χ0v) is 20.4. The van der Waals surface area contributed by atoms with Gasteiger partial charge in [-0.2, -0.15) is 13.9 Å². The minimum absolute atomic E-state index is 0.0569. The van der Waals surface area contributed by atoms with Crippen LogP contribution in [0.5, 0.6) is 5.75 Å². The van der Waals surface area contributed by atoms with Gasteiger partial charge in [-0.3, -0.25) is 9.67 Å². The normalized spacial score (nSPS) is 11.6. The second-order valence-corrected chi connectivity index (χ2v) is 8.60. The van der Waals surface area contributed by atoms with Crippen molar-refractivity contribution in [1.82, 2.24) is 35.0 Å². The lowest BCUT2D eigenvalue weighted by atomic mass is 10.1. The molecule has 2 aromatic carbocycles. The molecule has 5 rings (SSSR count). The summed E-state index contributed by atoms with van der Waals surface area (Å²) in [5.74, 6) is -3.46. The first-order valence-corrected chi connectivity index (χ1v) is 11.4. The van der Waals surface area contributed by atoms with Crippen molar-refractivity contribution < 1.29 is 13.5 Å². The number of ether oxygens (including phenoxy) is 1. The van der Waals surface area contributed by atoms with Gasteiger partial charge in [0.05, 0.1) is 38.0 Å². The fourth-order valence-electron chi connectivity index (χ4n) is 4.22. The molecule has 11 heteroatoms. The molecule has 0 atom stereocenters. The van der Waals surface area contributed by atoms with Crippen LogP contribution in [0.4, 0.5) is 14.5 Å². The molecule has 9 nitrogen and oxygen atoms in total. The Morgan fingerprint density at radius 1 is 1.05 bits per heavy atom. The van der Waals surface area contributed by atoms with E-state index < -0.39 is 11.7 Å². The zero-order valence-electron chi connectivity index (χ0n) is 20.4. The average Bonchev–Trinajstić information content (AvgIpc) is 3.50. The van der Waals surface area contributed by atoms with Gasteiger partial charge in [0.15, 0.2) is 5.69 Å². The maximum Gasteiger partial charge on any atom is 0.335 e. The molecule has 3 heterocycles. The van der Waals surface area contributed by atoms with E-state index in [0.29, 0.717) is 28.2 Å². The molecule has 0 N–H and O–H groups in total. The molecule has 0 saturated heterocycles. The van der Waals surface area contributed by atoms with E-state index in [-0.39, 0.29) is 18.7 Å². The molecule has 3 aromatic heterocycles. The third-order valence-electron chi connectivity index (χ3n) is 6.24. The molecule has 0 spiro atoms. The summed E-state index contributed by atoms with van der Waals surface area (Å²) in [4.78, 5) is 7.90. The highest BCUT2D eigenvalue weighted by atomic mass is 19.3. The van der Waals surface area contributed by atoms with Gasteiger partial charge < -0.3 is 4.74 Å². The minimum atomic E-state index is -3.52. The lowest BCUT2D eigenvalue weighted by Crippen LogP contribution is -2.23. The Kier molecular flexibility index (Phi) is 6.09. The van der Waals surface area contributed by atoms with Crippen LogP contribution in [0.25, 0.3) is 15.9 Å². The van der Waals surface area contributed by atoms with E-state index >= 15 is 8.78 Å². The molecule has 0 aliphatic rings. The fourth-order valence-corrected chi connectivity index (χ4v) is 4.22. The number of aromatic nitrogens is 7. The molecule has 0 radical (unpaired) electrons. The predicted octanol–water partition coefficient (Wildman–Crippen LogP) is 4.83. The summed E-state index contributed by atoms with van der Waals surface area (Å²) in [6.07, 6.45) is 1.13. The number of aryl methyl sites for hydroxylation is 2. The van der Waals surface area contributed by atoms with Gasteiger partial charge in [-0.1, -0.05) is 35.9 Å². The van der Waals surface area contributed by atoms with E-state index in [1.807, 2.05) is 19.1 Å². The third-order valence-corrected chi connectivity index (χ3v) is 6.24. The van der Waals surface area contributed by atoms with Crippen molar-refractivity contribution >= 4 is 16.7 Å². The predicted molar refractivity (Wildman–Crippen MR) is 132 cm³/mol. The Balaban J connectivity index is 1.52. The quantitative estimate of drug-likeness (QED) is 0.298. The van der Waals surface area contributed by atoms with Gasteiger partial charge in [0.25, 0.3) is 0 Å². The smallest absolute Gasteiger partial charge is 0.335 e. The summed E-state index contributed by atoms with van der Waals surface area (Å²) in [7, 11) is 1.55. The number of hydrogen-bond donors (Lipinski definition) is 0. The van der Waals surface area contributed by atoms with Crippen LogP contribution in [0.15, 0.2) is 54.7 Å². The van der Waals surface area contributed by atoms with Gasteiger partial charge >= 0.3 is 5.92 Å². The molecule has 0 amide bonds. The van der Waals surface area contributed by atoms with E-state index in [0.717, 1.165) is 27.6 Å². The molecule has 0 fully saturated rings. The van der Waals surface area contributed by atoms with Crippen LogP contribution in [-0.2, 0) is 19.0 Å². The summed E-state index contributed by atoms with van der Waals surface area (Å²) >= 11 is 0. The van der Waals surface area contributed by atoms with Gasteiger partial charge in [0, 0.05) is 11.8 Å². The molecule has 0 saturated carbocycles. The molecule has 186 valence electrons. The van der Waals surface area contributed by atoms with E-state index in [1.165, 1.54) is 6.07 Å². The highest BCUT2D eigenvalue weighted by Gasteiger charge is 2.41. The van der Waals surface area contributed by atoms with Gasteiger partial charge in [-0.15, -0.1) is 5.10 Å². The number of fused-ring (bicyclic) bond motifs is 1. The molecule has 37 heavy (non-hydrogen) atoms. The van der Waals surface area contributed by atoms with Crippen molar-refractivity contribution in [3.8, 4) is 5.75 Å². The van der Waals surface area contributed by atoms with E-state index in [1.54, 1.807) is 49.0 Å². The fraction of sp³-hybridized carbons (Fsp3) is 0.231. The van der Waals surface area contributed by atoms with Gasteiger partial charge in [-0.25, -0.2) is 9.53 Å². The summed E-state index contributed by atoms with van der Waals surface area (Å²) in [5, 5.41) is 15.5. The van der Waals surface area contributed by atoms with E-state index in [2.05, 4.69) is 30.5 Å². The van der Waals surface area contributed by atoms with Crippen LogP contribution in [0.1, 0.15) is 33.8 Å². The molecule has 0 aliphatic heterocycles. The van der Waals surface area contributed by atoms with Crippen LogP contribution in [0, 0.1) is 20.4 Å².